The summed E-state index contributed by atoms with van der Waals surface area (Å²) in [4.78, 5) is 11.1. The molecular weight excluding hydrogens is 307 g/mol. The van der Waals surface area contributed by atoms with Crippen LogP contribution >= 0.6 is 31.9 Å². The largest absolute Gasteiger partial charge is 0.507 e. The highest BCUT2D eigenvalue weighted by Crippen LogP contribution is 2.26. The fourth-order valence-electron chi connectivity index (χ4n) is 0.903. The number of phenols is 1. The van der Waals surface area contributed by atoms with Gasteiger partial charge in [-0.05, 0) is 12.1 Å². The molecule has 0 aliphatic heterocycles. The Balaban J connectivity index is 3.28. The SMILES string of the molecule is O=C(CBr)c1c(O)cc(Br)cc1F. The second kappa shape index (κ2) is 4.19. The summed E-state index contributed by atoms with van der Waals surface area (Å²) in [5.74, 6) is -1.56. The molecule has 0 heterocycles. The van der Waals surface area contributed by atoms with Gasteiger partial charge in [-0.1, -0.05) is 31.9 Å². The maximum Gasteiger partial charge on any atom is 0.180 e. The van der Waals surface area contributed by atoms with Gasteiger partial charge in [0.15, 0.2) is 5.78 Å². The molecule has 1 aromatic carbocycles. The average molecular weight is 312 g/mol. The zero-order valence-electron chi connectivity index (χ0n) is 6.35. The summed E-state index contributed by atoms with van der Waals surface area (Å²) in [7, 11) is 0. The zero-order valence-corrected chi connectivity index (χ0v) is 9.52. The van der Waals surface area contributed by atoms with Crippen LogP contribution in [0.3, 0.4) is 0 Å². The number of hydrogen-bond donors (Lipinski definition) is 1. The predicted octanol–water partition coefficient (Wildman–Crippen LogP) is 2.87. The van der Waals surface area contributed by atoms with Crippen LogP contribution in [-0.4, -0.2) is 16.2 Å². The summed E-state index contributed by atoms with van der Waals surface area (Å²) in [6.07, 6.45) is 0. The van der Waals surface area contributed by atoms with E-state index in [1.807, 2.05) is 0 Å². The van der Waals surface area contributed by atoms with Crippen molar-refractivity contribution in [3.05, 3.63) is 28.0 Å². The number of phenolic OH excluding ortho intramolecular Hbond substituents is 1. The minimum Gasteiger partial charge on any atom is -0.507 e. The molecule has 0 aromatic heterocycles. The highest BCUT2D eigenvalue weighted by molar-refractivity contribution is 9.10. The Bertz CT molecular complexity index is 329. The maximum atomic E-state index is 13.1. The number of halogens is 3. The van der Waals surface area contributed by atoms with E-state index in [1.54, 1.807) is 0 Å². The molecule has 1 N–H and O–H groups in total. The number of Topliss-reactive ketones (excluding diaryl/α,β-unsaturated/α-hetero) is 1. The van der Waals surface area contributed by atoms with E-state index >= 15 is 0 Å². The van der Waals surface area contributed by atoms with Crippen LogP contribution in [0.15, 0.2) is 16.6 Å². The van der Waals surface area contributed by atoms with Crippen molar-refractivity contribution in [3.8, 4) is 5.75 Å². The fourth-order valence-corrected chi connectivity index (χ4v) is 1.60. The molecule has 13 heavy (non-hydrogen) atoms. The Labute approximate surface area is 91.0 Å². The molecular formula is C8H5Br2FO2. The van der Waals surface area contributed by atoms with Crippen molar-refractivity contribution < 1.29 is 14.3 Å². The minimum atomic E-state index is -0.726. The molecule has 0 aliphatic carbocycles. The molecule has 1 aromatic rings. The van der Waals surface area contributed by atoms with Gasteiger partial charge in [-0.25, -0.2) is 4.39 Å². The summed E-state index contributed by atoms with van der Waals surface area (Å²) in [5.41, 5.74) is -0.278. The van der Waals surface area contributed by atoms with Gasteiger partial charge in [-0.3, -0.25) is 4.79 Å². The molecule has 0 bridgehead atoms. The number of aromatic hydroxyl groups is 1. The number of hydrogen-bond acceptors (Lipinski definition) is 2. The molecule has 1 rings (SSSR count). The third-order valence-corrected chi connectivity index (χ3v) is 2.40. The van der Waals surface area contributed by atoms with Crippen LogP contribution in [0.1, 0.15) is 10.4 Å². The number of carbonyl (C=O) groups is 1. The molecule has 70 valence electrons. The molecule has 0 spiro atoms. The third-order valence-electron chi connectivity index (χ3n) is 1.43. The number of rotatable bonds is 2. The summed E-state index contributed by atoms with van der Waals surface area (Å²) >= 11 is 5.89. The van der Waals surface area contributed by atoms with E-state index in [1.165, 1.54) is 6.07 Å². The lowest BCUT2D eigenvalue weighted by Gasteiger charge is -2.03. The van der Waals surface area contributed by atoms with Crippen molar-refractivity contribution >= 4 is 37.6 Å². The van der Waals surface area contributed by atoms with Gasteiger partial charge in [0.05, 0.1) is 10.9 Å². The number of alkyl halides is 1. The number of carbonyl (C=O) groups excluding carboxylic acids is 1. The van der Waals surface area contributed by atoms with E-state index in [0.29, 0.717) is 4.47 Å². The van der Waals surface area contributed by atoms with Crippen LogP contribution < -0.4 is 0 Å². The van der Waals surface area contributed by atoms with Gasteiger partial charge in [0.2, 0.25) is 0 Å². The Morgan fingerprint density at radius 3 is 2.62 bits per heavy atom. The first-order valence-corrected chi connectivity index (χ1v) is 5.25. The number of ketones is 1. The van der Waals surface area contributed by atoms with E-state index < -0.39 is 11.6 Å². The summed E-state index contributed by atoms with van der Waals surface area (Å²) in [6.45, 7) is 0. The topological polar surface area (TPSA) is 37.3 Å². The van der Waals surface area contributed by atoms with Crippen LogP contribution in [0.2, 0.25) is 0 Å². The average Bonchev–Trinajstić information content (AvgIpc) is 2.02. The quantitative estimate of drug-likeness (QED) is 0.673. The third kappa shape index (κ3) is 2.28. The van der Waals surface area contributed by atoms with Crippen LogP contribution in [0.4, 0.5) is 4.39 Å². The first-order chi connectivity index (χ1) is 6.06. The highest BCUT2D eigenvalue weighted by Gasteiger charge is 2.16. The van der Waals surface area contributed by atoms with Crippen molar-refractivity contribution in [3.63, 3.8) is 0 Å². The van der Waals surface area contributed by atoms with E-state index in [0.717, 1.165) is 6.07 Å². The molecule has 0 amide bonds. The van der Waals surface area contributed by atoms with Crippen molar-refractivity contribution in [1.82, 2.24) is 0 Å². The van der Waals surface area contributed by atoms with Gasteiger partial charge >= 0.3 is 0 Å². The minimum absolute atomic E-state index is 0.0148. The standard InChI is InChI=1S/C8H5Br2FO2/c9-3-7(13)8-5(11)1-4(10)2-6(8)12/h1-2,12H,3H2. The molecule has 0 aliphatic rings. The van der Waals surface area contributed by atoms with Crippen molar-refractivity contribution in [2.75, 3.05) is 5.33 Å². The first-order valence-electron chi connectivity index (χ1n) is 3.33. The fraction of sp³-hybridized carbons (Fsp3) is 0.125. The van der Waals surface area contributed by atoms with Crippen LogP contribution in [0.25, 0.3) is 0 Å². The summed E-state index contributed by atoms with van der Waals surface area (Å²) < 4.78 is 13.5. The molecule has 0 fully saturated rings. The van der Waals surface area contributed by atoms with E-state index in [-0.39, 0.29) is 16.6 Å². The summed E-state index contributed by atoms with van der Waals surface area (Å²) in [5, 5.41) is 9.25. The Hall–Kier alpha value is -0.420. The van der Waals surface area contributed by atoms with Crippen LogP contribution in [-0.2, 0) is 0 Å². The molecule has 0 atom stereocenters. The second-order valence-corrected chi connectivity index (χ2v) is 3.81. The second-order valence-electron chi connectivity index (χ2n) is 2.34. The Kier molecular flexibility index (Phi) is 3.44. The normalized spacial score (nSPS) is 10.1. The smallest absolute Gasteiger partial charge is 0.180 e. The lowest BCUT2D eigenvalue weighted by molar-refractivity contribution is 0.101. The zero-order chi connectivity index (χ0) is 10.0. The van der Waals surface area contributed by atoms with E-state index in [2.05, 4.69) is 31.9 Å². The summed E-state index contributed by atoms with van der Waals surface area (Å²) in [6, 6.07) is 2.41. The molecule has 0 radical (unpaired) electrons. The lowest BCUT2D eigenvalue weighted by Crippen LogP contribution is -2.03. The van der Waals surface area contributed by atoms with Crippen LogP contribution in [0, 0.1) is 5.82 Å². The highest BCUT2D eigenvalue weighted by atomic mass is 79.9. The number of benzene rings is 1. The van der Waals surface area contributed by atoms with Gasteiger partial charge in [0, 0.05) is 4.47 Å². The van der Waals surface area contributed by atoms with Crippen molar-refractivity contribution in [2.24, 2.45) is 0 Å². The lowest BCUT2D eigenvalue weighted by atomic mass is 10.1. The van der Waals surface area contributed by atoms with E-state index in [9.17, 15) is 14.3 Å². The van der Waals surface area contributed by atoms with Crippen LogP contribution in [0.5, 0.6) is 5.75 Å². The molecule has 0 unspecified atom stereocenters. The van der Waals surface area contributed by atoms with E-state index in [4.69, 9.17) is 0 Å². The van der Waals surface area contributed by atoms with Gasteiger partial charge in [-0.2, -0.15) is 0 Å². The van der Waals surface area contributed by atoms with Gasteiger partial charge in [-0.15, -0.1) is 0 Å². The molecule has 0 saturated carbocycles. The molecule has 0 saturated heterocycles. The monoisotopic (exact) mass is 310 g/mol. The van der Waals surface area contributed by atoms with Gasteiger partial charge in [0.1, 0.15) is 11.6 Å². The maximum absolute atomic E-state index is 13.1. The molecule has 2 nitrogen and oxygen atoms in total. The molecule has 5 heteroatoms. The van der Waals surface area contributed by atoms with Gasteiger partial charge in [0.25, 0.3) is 0 Å². The first kappa shape index (κ1) is 10.7. The Morgan fingerprint density at radius 2 is 2.15 bits per heavy atom. The predicted molar refractivity (Wildman–Crippen MR) is 53.9 cm³/mol. The Morgan fingerprint density at radius 1 is 1.54 bits per heavy atom. The van der Waals surface area contributed by atoms with Crippen molar-refractivity contribution in [1.29, 1.82) is 0 Å². The van der Waals surface area contributed by atoms with Crippen molar-refractivity contribution in [2.45, 2.75) is 0 Å². The van der Waals surface area contributed by atoms with Gasteiger partial charge < -0.3 is 5.11 Å².